The first kappa shape index (κ1) is 14.2. The van der Waals surface area contributed by atoms with Gasteiger partial charge in [0, 0.05) is 0 Å². The average molecular weight is 241 g/mol. The van der Waals surface area contributed by atoms with Crippen molar-refractivity contribution in [2.45, 2.75) is 6.92 Å². The fourth-order valence-corrected chi connectivity index (χ4v) is 2.81. The molecule has 1 atom stereocenters. The van der Waals surface area contributed by atoms with Crippen LogP contribution in [0.25, 0.3) is 5.57 Å². The van der Waals surface area contributed by atoms with Gasteiger partial charge in [0.15, 0.2) is 0 Å². The molecule has 0 nitrogen and oxygen atoms in total. The van der Waals surface area contributed by atoms with Gasteiger partial charge in [-0.1, -0.05) is 48.2 Å². The Morgan fingerprint density at radius 3 is 1.89 bits per heavy atom. The van der Waals surface area contributed by atoms with Crippen molar-refractivity contribution in [1.82, 2.24) is 0 Å². The van der Waals surface area contributed by atoms with E-state index in [9.17, 15) is 0 Å². The highest BCUT2D eigenvalue weighted by Gasteiger charge is 2.13. The molecule has 0 saturated heterocycles. The monoisotopic (exact) mass is 242 g/mol. The van der Waals surface area contributed by atoms with Gasteiger partial charge >= 0.3 is 0 Å². The second kappa shape index (κ2) is 5.40. The Kier molecular flexibility index (Phi) is 4.03. The lowest BCUT2D eigenvalue weighted by Gasteiger charge is -2.20. The van der Waals surface area contributed by atoms with E-state index in [1.165, 1.54) is 38.5 Å². The number of hydrogen-bond donors (Lipinski definition) is 0. The zero-order chi connectivity index (χ0) is 14.2. The SMILES string of the molecule is Bc1c(B)c(B)c(C2=CC=CC(C)C=C2)c(B)c1B. The predicted molar refractivity (Wildman–Crippen MR) is 103 cm³/mol. The molecule has 0 aromatic heterocycles. The Bertz CT molecular complexity index is 582. The van der Waals surface area contributed by atoms with Crippen molar-refractivity contribution in [2.24, 2.45) is 5.92 Å². The minimum absolute atomic E-state index is 0.516. The van der Waals surface area contributed by atoms with E-state index < -0.39 is 0 Å². The van der Waals surface area contributed by atoms with Crippen LogP contribution in [0.4, 0.5) is 0 Å². The highest BCUT2D eigenvalue weighted by atomic mass is 14.1. The fourth-order valence-electron chi connectivity index (χ4n) is 2.81. The van der Waals surface area contributed by atoms with Gasteiger partial charge in [-0.05, 0) is 17.1 Å². The molecule has 0 heterocycles. The van der Waals surface area contributed by atoms with Crippen LogP contribution in [0, 0.1) is 5.92 Å². The summed E-state index contributed by atoms with van der Waals surface area (Å²) >= 11 is 0. The van der Waals surface area contributed by atoms with Crippen molar-refractivity contribution >= 4 is 72.1 Å². The minimum Gasteiger partial charge on any atom is -0.102 e. The summed E-state index contributed by atoms with van der Waals surface area (Å²) in [7, 11) is 11.2. The number of hydrogen-bond acceptors (Lipinski definition) is 0. The van der Waals surface area contributed by atoms with Gasteiger partial charge < -0.3 is 0 Å². The second-order valence-electron chi connectivity index (χ2n) is 5.73. The third-order valence-electron chi connectivity index (χ3n) is 4.56. The zero-order valence-corrected chi connectivity index (χ0v) is 13.0. The molecule has 0 radical (unpaired) electrons. The predicted octanol–water partition coefficient (Wildman–Crippen LogP) is -4.88. The van der Waals surface area contributed by atoms with Crippen LogP contribution in [-0.2, 0) is 0 Å². The Morgan fingerprint density at radius 2 is 1.32 bits per heavy atom. The van der Waals surface area contributed by atoms with Crippen LogP contribution >= 0.6 is 0 Å². The molecular weight excluding hydrogens is 222 g/mol. The first-order valence-electron chi connectivity index (χ1n) is 7.07. The molecule has 0 fully saturated rings. The van der Waals surface area contributed by atoms with E-state index >= 15 is 0 Å². The van der Waals surface area contributed by atoms with E-state index in [2.05, 4.69) is 76.5 Å². The van der Waals surface area contributed by atoms with Crippen molar-refractivity contribution in [3.05, 3.63) is 35.9 Å². The lowest BCUT2D eigenvalue weighted by molar-refractivity contribution is 0.943. The molecule has 0 spiro atoms. The highest BCUT2D eigenvalue weighted by Crippen LogP contribution is 2.16. The average Bonchev–Trinajstić information content (AvgIpc) is 2.60. The van der Waals surface area contributed by atoms with Crippen molar-refractivity contribution < 1.29 is 0 Å². The van der Waals surface area contributed by atoms with Crippen molar-refractivity contribution in [1.29, 1.82) is 0 Å². The summed E-state index contributed by atoms with van der Waals surface area (Å²) in [5.74, 6) is 0.516. The summed E-state index contributed by atoms with van der Waals surface area (Å²) in [5, 5.41) is 0. The Labute approximate surface area is 121 Å². The van der Waals surface area contributed by atoms with E-state index in [4.69, 9.17) is 0 Å². The molecule has 1 aliphatic rings. The van der Waals surface area contributed by atoms with Gasteiger partial charge in [-0.2, -0.15) is 0 Å². The summed E-state index contributed by atoms with van der Waals surface area (Å²) in [6.07, 6.45) is 11.2. The number of allylic oxidation sites excluding steroid dienone is 6. The molecule has 1 aromatic rings. The molecule has 19 heavy (non-hydrogen) atoms. The molecule has 1 unspecified atom stereocenters. The van der Waals surface area contributed by atoms with Gasteiger partial charge in [0.1, 0.15) is 39.2 Å². The van der Waals surface area contributed by atoms with Crippen LogP contribution in [0.3, 0.4) is 0 Å². The third kappa shape index (κ3) is 2.56. The van der Waals surface area contributed by atoms with Crippen LogP contribution < -0.4 is 27.3 Å². The largest absolute Gasteiger partial charge is 0.139 e. The molecule has 5 heteroatoms. The topological polar surface area (TPSA) is 0 Å². The highest BCUT2D eigenvalue weighted by molar-refractivity contribution is 6.67. The molecule has 0 saturated carbocycles. The summed E-state index contributed by atoms with van der Waals surface area (Å²) in [6.45, 7) is 2.22. The van der Waals surface area contributed by atoms with Gasteiger partial charge in [-0.25, -0.2) is 0 Å². The molecule has 0 aliphatic heterocycles. The van der Waals surface area contributed by atoms with Crippen LogP contribution in [0.2, 0.25) is 0 Å². The summed E-state index contributed by atoms with van der Waals surface area (Å²) in [5.41, 5.74) is 9.86. The second-order valence-corrected chi connectivity index (χ2v) is 5.73. The van der Waals surface area contributed by atoms with Gasteiger partial charge in [-0.3, -0.25) is 0 Å². The molecule has 1 aliphatic carbocycles. The van der Waals surface area contributed by atoms with Crippen molar-refractivity contribution in [2.75, 3.05) is 0 Å². The number of rotatable bonds is 1. The van der Waals surface area contributed by atoms with Gasteiger partial charge in [0.05, 0.1) is 0 Å². The van der Waals surface area contributed by atoms with Crippen molar-refractivity contribution in [3.63, 3.8) is 0 Å². The summed E-state index contributed by atoms with van der Waals surface area (Å²) in [6, 6.07) is 0. The van der Waals surface area contributed by atoms with E-state index in [0.29, 0.717) is 5.92 Å². The van der Waals surface area contributed by atoms with Crippen LogP contribution in [0.1, 0.15) is 12.5 Å². The van der Waals surface area contributed by atoms with Crippen LogP contribution in [0.15, 0.2) is 30.4 Å². The normalized spacial score (nSPS) is 18.2. The summed E-state index contributed by atoms with van der Waals surface area (Å²) < 4.78 is 0. The smallest absolute Gasteiger partial charge is 0.102 e. The van der Waals surface area contributed by atoms with Crippen LogP contribution in [-0.4, -0.2) is 39.2 Å². The van der Waals surface area contributed by atoms with Crippen LogP contribution in [0.5, 0.6) is 0 Å². The maximum Gasteiger partial charge on any atom is 0.139 e. The minimum atomic E-state index is 0.516. The van der Waals surface area contributed by atoms with Crippen molar-refractivity contribution in [3.8, 4) is 0 Å². The molecule has 2 rings (SSSR count). The quantitative estimate of drug-likeness (QED) is 0.433. The Balaban J connectivity index is 2.67. The van der Waals surface area contributed by atoms with E-state index in [1.807, 2.05) is 0 Å². The van der Waals surface area contributed by atoms with Gasteiger partial charge in [0.2, 0.25) is 0 Å². The first-order valence-corrected chi connectivity index (χ1v) is 7.07. The molecular formula is C14H19B5. The first-order chi connectivity index (χ1) is 8.93. The number of benzene rings is 1. The van der Waals surface area contributed by atoms with E-state index in [0.717, 1.165) is 0 Å². The molecule has 0 bridgehead atoms. The lowest BCUT2D eigenvalue weighted by Crippen LogP contribution is -2.56. The Morgan fingerprint density at radius 1 is 0.789 bits per heavy atom. The molecule has 1 aromatic carbocycles. The van der Waals surface area contributed by atoms with E-state index in [-0.39, 0.29) is 0 Å². The molecule has 90 valence electrons. The zero-order valence-electron chi connectivity index (χ0n) is 13.0. The maximum atomic E-state index is 2.28. The van der Waals surface area contributed by atoms with Gasteiger partial charge in [0.25, 0.3) is 0 Å². The lowest BCUT2D eigenvalue weighted by atomic mass is 9.59. The molecule has 0 N–H and O–H groups in total. The van der Waals surface area contributed by atoms with E-state index in [1.54, 1.807) is 0 Å². The van der Waals surface area contributed by atoms with Gasteiger partial charge in [-0.15, -0.1) is 16.4 Å². The Hall–Kier alpha value is -1.24. The summed E-state index contributed by atoms with van der Waals surface area (Å²) in [4.78, 5) is 0. The molecule has 0 amide bonds. The third-order valence-corrected chi connectivity index (χ3v) is 4.56. The fraction of sp³-hybridized carbons (Fsp3) is 0.143. The standard InChI is InChI=1S/C14H19B5/c1-7-3-2-4-8(6-5-7)9-10(15)12(17)14(19)13(18)11(9)16/h2-7H,15-19H2,1H3. The maximum absolute atomic E-state index is 2.28.